The predicted molar refractivity (Wildman–Crippen MR) is 84.4 cm³/mol. The lowest BCUT2D eigenvalue weighted by Gasteiger charge is -2.31. The van der Waals surface area contributed by atoms with E-state index in [2.05, 4.69) is 48.9 Å². The SMILES string of the molecule is CCNC(CCc1ccc(Br)c(Cl)c1F)C(C)(C)C. The summed E-state index contributed by atoms with van der Waals surface area (Å²) in [5.41, 5.74) is 0.839. The Kier molecular flexibility index (Phi) is 6.28. The zero-order valence-corrected chi connectivity index (χ0v) is 14.3. The van der Waals surface area contributed by atoms with Crippen LogP contribution in [0.4, 0.5) is 4.39 Å². The quantitative estimate of drug-likeness (QED) is 0.720. The maximum Gasteiger partial charge on any atom is 0.146 e. The molecule has 0 amide bonds. The standard InChI is InChI=1S/C15H22BrClFN/c1-5-19-12(15(2,3)4)9-7-10-6-8-11(16)13(17)14(10)18/h6,8,12,19H,5,7,9H2,1-4H3. The molecule has 0 spiro atoms. The second-order valence-corrected chi connectivity index (χ2v) is 7.08. The van der Waals surface area contributed by atoms with Crippen molar-refractivity contribution < 1.29 is 4.39 Å². The van der Waals surface area contributed by atoms with Gasteiger partial charge in [0.15, 0.2) is 0 Å². The van der Waals surface area contributed by atoms with Gasteiger partial charge in [0.25, 0.3) is 0 Å². The zero-order chi connectivity index (χ0) is 14.6. The second-order valence-electron chi connectivity index (χ2n) is 5.85. The molecule has 0 heterocycles. The summed E-state index contributed by atoms with van der Waals surface area (Å²) in [5, 5.41) is 3.65. The van der Waals surface area contributed by atoms with E-state index in [1.807, 2.05) is 0 Å². The molecule has 1 N–H and O–H groups in total. The molecule has 108 valence electrons. The van der Waals surface area contributed by atoms with Crippen molar-refractivity contribution in [3.05, 3.63) is 33.0 Å². The number of aryl methyl sites for hydroxylation is 1. The van der Waals surface area contributed by atoms with Gasteiger partial charge in [0.2, 0.25) is 0 Å². The van der Waals surface area contributed by atoms with Gasteiger partial charge in [-0.1, -0.05) is 45.4 Å². The first kappa shape index (κ1) is 16.9. The van der Waals surface area contributed by atoms with Gasteiger partial charge in [0.1, 0.15) is 5.82 Å². The molecule has 0 saturated carbocycles. The van der Waals surface area contributed by atoms with Gasteiger partial charge in [-0.25, -0.2) is 4.39 Å². The lowest BCUT2D eigenvalue weighted by Crippen LogP contribution is -2.40. The third kappa shape index (κ3) is 4.73. The molecule has 0 radical (unpaired) electrons. The van der Waals surface area contributed by atoms with E-state index in [-0.39, 0.29) is 16.3 Å². The Morgan fingerprint density at radius 3 is 2.53 bits per heavy atom. The molecule has 0 aliphatic carbocycles. The molecule has 1 atom stereocenters. The molecular formula is C15H22BrClFN. The Balaban J connectivity index is 2.78. The van der Waals surface area contributed by atoms with E-state index in [4.69, 9.17) is 11.6 Å². The monoisotopic (exact) mass is 349 g/mol. The van der Waals surface area contributed by atoms with E-state index in [0.717, 1.165) is 13.0 Å². The molecule has 0 aliphatic heterocycles. The Labute approximate surface area is 129 Å². The normalized spacial score (nSPS) is 13.6. The average Bonchev–Trinajstić information content (AvgIpc) is 2.32. The zero-order valence-electron chi connectivity index (χ0n) is 12.0. The third-order valence-electron chi connectivity index (χ3n) is 3.31. The van der Waals surface area contributed by atoms with Crippen LogP contribution in [-0.4, -0.2) is 12.6 Å². The summed E-state index contributed by atoms with van der Waals surface area (Å²) in [5.74, 6) is -0.305. The van der Waals surface area contributed by atoms with Gasteiger partial charge in [-0.3, -0.25) is 0 Å². The van der Waals surface area contributed by atoms with Crippen molar-refractivity contribution in [1.29, 1.82) is 0 Å². The molecular weight excluding hydrogens is 329 g/mol. The molecule has 19 heavy (non-hydrogen) atoms. The van der Waals surface area contributed by atoms with Crippen LogP contribution < -0.4 is 5.32 Å². The van der Waals surface area contributed by atoms with Gasteiger partial charge >= 0.3 is 0 Å². The summed E-state index contributed by atoms with van der Waals surface area (Å²) >= 11 is 9.14. The molecule has 1 rings (SSSR count). The highest BCUT2D eigenvalue weighted by Gasteiger charge is 2.23. The number of hydrogen-bond donors (Lipinski definition) is 1. The second kappa shape index (κ2) is 7.05. The predicted octanol–water partition coefficient (Wildman–Crippen LogP) is 5.20. The molecule has 1 unspecified atom stereocenters. The maximum absolute atomic E-state index is 14.0. The first-order valence-electron chi connectivity index (χ1n) is 6.63. The smallest absolute Gasteiger partial charge is 0.146 e. The molecule has 4 heteroatoms. The van der Waals surface area contributed by atoms with E-state index in [9.17, 15) is 4.39 Å². The lowest BCUT2D eigenvalue weighted by molar-refractivity contribution is 0.258. The number of benzene rings is 1. The van der Waals surface area contributed by atoms with Crippen molar-refractivity contribution in [3.63, 3.8) is 0 Å². The van der Waals surface area contributed by atoms with Crippen LogP contribution in [0.3, 0.4) is 0 Å². The van der Waals surface area contributed by atoms with Crippen molar-refractivity contribution in [3.8, 4) is 0 Å². The van der Waals surface area contributed by atoms with Crippen LogP contribution in [0, 0.1) is 11.2 Å². The Hall–Kier alpha value is -0.120. The van der Waals surface area contributed by atoms with Crippen LogP contribution in [0.25, 0.3) is 0 Å². The Morgan fingerprint density at radius 2 is 2.00 bits per heavy atom. The summed E-state index contributed by atoms with van der Waals surface area (Å²) in [6, 6.07) is 3.97. The molecule has 0 aliphatic rings. The van der Waals surface area contributed by atoms with Gasteiger partial charge in [0.05, 0.1) is 5.02 Å². The topological polar surface area (TPSA) is 12.0 Å². The van der Waals surface area contributed by atoms with Crippen molar-refractivity contribution in [1.82, 2.24) is 5.32 Å². The molecule has 0 fully saturated rings. The fourth-order valence-corrected chi connectivity index (χ4v) is 2.64. The van der Waals surface area contributed by atoms with E-state index >= 15 is 0 Å². The molecule has 1 aromatic rings. The van der Waals surface area contributed by atoms with E-state index < -0.39 is 0 Å². The molecule has 1 nitrogen and oxygen atoms in total. The van der Waals surface area contributed by atoms with Gasteiger partial charge in [-0.2, -0.15) is 0 Å². The van der Waals surface area contributed by atoms with Crippen molar-refractivity contribution >= 4 is 27.5 Å². The Morgan fingerprint density at radius 1 is 1.37 bits per heavy atom. The Bertz CT molecular complexity index is 429. The van der Waals surface area contributed by atoms with Crippen molar-refractivity contribution in [2.75, 3.05) is 6.54 Å². The van der Waals surface area contributed by atoms with Gasteiger partial charge in [-0.15, -0.1) is 0 Å². The highest BCUT2D eigenvalue weighted by molar-refractivity contribution is 9.10. The maximum atomic E-state index is 14.0. The first-order valence-corrected chi connectivity index (χ1v) is 7.80. The minimum Gasteiger partial charge on any atom is -0.314 e. The number of nitrogens with one attached hydrogen (secondary N) is 1. The lowest BCUT2D eigenvalue weighted by atomic mass is 9.83. The van der Waals surface area contributed by atoms with E-state index in [0.29, 0.717) is 22.5 Å². The van der Waals surface area contributed by atoms with E-state index in [1.165, 1.54) is 0 Å². The largest absolute Gasteiger partial charge is 0.314 e. The summed E-state index contributed by atoms with van der Waals surface area (Å²) < 4.78 is 14.6. The van der Waals surface area contributed by atoms with Crippen LogP contribution in [-0.2, 0) is 6.42 Å². The summed E-state index contributed by atoms with van der Waals surface area (Å²) in [4.78, 5) is 0. The van der Waals surface area contributed by atoms with Crippen LogP contribution in [0.2, 0.25) is 5.02 Å². The summed E-state index contributed by atoms with van der Waals surface area (Å²) in [7, 11) is 0. The molecule has 0 saturated heterocycles. The molecule has 1 aromatic carbocycles. The van der Waals surface area contributed by atoms with Crippen LogP contribution in [0.1, 0.15) is 39.7 Å². The third-order valence-corrected chi connectivity index (χ3v) is 4.57. The fourth-order valence-electron chi connectivity index (χ4n) is 2.15. The van der Waals surface area contributed by atoms with E-state index in [1.54, 1.807) is 12.1 Å². The highest BCUT2D eigenvalue weighted by Crippen LogP contribution is 2.29. The van der Waals surface area contributed by atoms with Gasteiger partial charge in [-0.05, 0) is 52.4 Å². The highest BCUT2D eigenvalue weighted by atomic mass is 79.9. The number of rotatable bonds is 5. The van der Waals surface area contributed by atoms with Crippen LogP contribution in [0.5, 0.6) is 0 Å². The summed E-state index contributed by atoms with van der Waals surface area (Å²) in [6.45, 7) is 9.61. The van der Waals surface area contributed by atoms with Crippen LogP contribution in [0.15, 0.2) is 16.6 Å². The fraction of sp³-hybridized carbons (Fsp3) is 0.600. The first-order chi connectivity index (χ1) is 8.77. The minimum atomic E-state index is -0.305. The van der Waals surface area contributed by atoms with Gasteiger partial charge < -0.3 is 5.32 Å². The minimum absolute atomic E-state index is 0.158. The van der Waals surface area contributed by atoms with Gasteiger partial charge in [0, 0.05) is 10.5 Å². The number of hydrogen-bond acceptors (Lipinski definition) is 1. The molecule has 0 aromatic heterocycles. The van der Waals surface area contributed by atoms with Crippen LogP contribution >= 0.6 is 27.5 Å². The van der Waals surface area contributed by atoms with Crippen molar-refractivity contribution in [2.45, 2.75) is 46.6 Å². The van der Waals surface area contributed by atoms with Crippen molar-refractivity contribution in [2.24, 2.45) is 5.41 Å². The number of halogens is 3. The molecule has 0 bridgehead atoms. The average molecular weight is 351 g/mol. The summed E-state index contributed by atoms with van der Waals surface area (Å²) in [6.07, 6.45) is 1.58.